The van der Waals surface area contributed by atoms with Crippen LogP contribution in [0, 0.1) is 6.92 Å². The van der Waals surface area contributed by atoms with E-state index in [1.165, 1.54) is 0 Å². The van der Waals surface area contributed by atoms with E-state index in [0.717, 1.165) is 64.9 Å². The van der Waals surface area contributed by atoms with Gasteiger partial charge in [0.25, 0.3) is 0 Å². The maximum atomic E-state index is 12.3. The van der Waals surface area contributed by atoms with E-state index in [-0.39, 0.29) is 5.63 Å². The summed E-state index contributed by atoms with van der Waals surface area (Å²) < 4.78 is 11.7. The highest BCUT2D eigenvalue weighted by atomic mass is 16.5. The first kappa shape index (κ1) is 14.5. The molecule has 2 aliphatic rings. The molecule has 5 nitrogen and oxygen atoms in total. The van der Waals surface area contributed by atoms with Gasteiger partial charge in [0.15, 0.2) is 6.73 Å². The van der Waals surface area contributed by atoms with Crippen LogP contribution in [0.4, 0.5) is 5.69 Å². The lowest BCUT2D eigenvalue weighted by atomic mass is 9.99. The van der Waals surface area contributed by atoms with Crippen LogP contribution in [0.15, 0.2) is 39.8 Å². The minimum absolute atomic E-state index is 0.184. The molecule has 0 saturated carbocycles. The molecular weight excluding hydrogens is 316 g/mol. The number of ether oxygens (including phenoxy) is 1. The van der Waals surface area contributed by atoms with E-state index >= 15 is 0 Å². The molecule has 0 radical (unpaired) electrons. The summed E-state index contributed by atoms with van der Waals surface area (Å²) in [5.41, 5.74) is 5.60. The Morgan fingerprint density at radius 1 is 1.24 bits per heavy atom. The first-order valence-electron chi connectivity index (χ1n) is 8.61. The Morgan fingerprint density at radius 2 is 2.12 bits per heavy atom. The van der Waals surface area contributed by atoms with Gasteiger partial charge in [-0.3, -0.25) is 4.98 Å². The maximum Gasteiger partial charge on any atom is 0.339 e. The minimum Gasteiger partial charge on any atom is -0.472 e. The van der Waals surface area contributed by atoms with Gasteiger partial charge in [-0.1, -0.05) is 0 Å². The van der Waals surface area contributed by atoms with Crippen LogP contribution in [0.1, 0.15) is 28.7 Å². The van der Waals surface area contributed by atoms with Gasteiger partial charge in [0.1, 0.15) is 11.3 Å². The molecular formula is C20H18N2O3. The summed E-state index contributed by atoms with van der Waals surface area (Å²) in [4.78, 5) is 18.6. The van der Waals surface area contributed by atoms with E-state index in [1.807, 2.05) is 25.3 Å². The summed E-state index contributed by atoms with van der Waals surface area (Å²) in [5, 5.41) is 1.07. The second kappa shape index (κ2) is 5.34. The van der Waals surface area contributed by atoms with Gasteiger partial charge in [0.2, 0.25) is 0 Å². The van der Waals surface area contributed by atoms with E-state index < -0.39 is 0 Å². The monoisotopic (exact) mass is 334 g/mol. The minimum atomic E-state index is -0.184. The molecule has 5 rings (SSSR count). The quantitative estimate of drug-likeness (QED) is 0.639. The molecule has 0 spiro atoms. The van der Waals surface area contributed by atoms with Crippen LogP contribution in [-0.2, 0) is 19.4 Å². The highest BCUT2D eigenvalue weighted by Crippen LogP contribution is 2.38. The Bertz CT molecular complexity index is 1040. The van der Waals surface area contributed by atoms with E-state index in [0.29, 0.717) is 12.3 Å². The van der Waals surface area contributed by atoms with Crippen LogP contribution in [-0.4, -0.2) is 11.7 Å². The molecule has 0 unspecified atom stereocenters. The van der Waals surface area contributed by atoms with Crippen LogP contribution >= 0.6 is 0 Å². The summed E-state index contributed by atoms with van der Waals surface area (Å²) in [6.07, 6.45) is 6.41. The molecule has 0 saturated heterocycles. The van der Waals surface area contributed by atoms with Crippen molar-refractivity contribution in [3.63, 3.8) is 0 Å². The lowest BCUT2D eigenvalue weighted by Crippen LogP contribution is -2.32. The van der Waals surface area contributed by atoms with Gasteiger partial charge in [0, 0.05) is 34.8 Å². The molecule has 2 aromatic heterocycles. The van der Waals surface area contributed by atoms with Crippen LogP contribution in [0.25, 0.3) is 11.0 Å². The number of rotatable bonds is 1. The first-order valence-corrected chi connectivity index (χ1v) is 8.61. The van der Waals surface area contributed by atoms with Crippen LogP contribution in [0.5, 0.6) is 5.75 Å². The third-order valence-corrected chi connectivity index (χ3v) is 5.26. The molecule has 3 heterocycles. The predicted molar refractivity (Wildman–Crippen MR) is 95.2 cm³/mol. The number of hydrogen-bond donors (Lipinski definition) is 0. The first-order chi connectivity index (χ1) is 12.2. The molecule has 25 heavy (non-hydrogen) atoms. The molecule has 0 fully saturated rings. The van der Waals surface area contributed by atoms with Crippen molar-refractivity contribution in [2.24, 2.45) is 0 Å². The topological polar surface area (TPSA) is 55.6 Å². The molecule has 0 N–H and O–H groups in total. The summed E-state index contributed by atoms with van der Waals surface area (Å²) >= 11 is 0. The van der Waals surface area contributed by atoms with Gasteiger partial charge in [0.05, 0.1) is 11.9 Å². The maximum absolute atomic E-state index is 12.3. The van der Waals surface area contributed by atoms with E-state index in [9.17, 15) is 4.79 Å². The number of anilines is 1. The highest BCUT2D eigenvalue weighted by Gasteiger charge is 2.26. The predicted octanol–water partition coefficient (Wildman–Crippen LogP) is 3.34. The SMILES string of the molecule is Cc1c2c(cc3c4c(c(=O)oc13)CCC4)CN(c1cccnc1)CO2. The van der Waals surface area contributed by atoms with Crippen molar-refractivity contribution in [2.75, 3.05) is 11.6 Å². The third-order valence-electron chi connectivity index (χ3n) is 5.26. The molecule has 126 valence electrons. The lowest BCUT2D eigenvalue weighted by Gasteiger charge is -2.31. The largest absolute Gasteiger partial charge is 0.472 e. The fraction of sp³-hybridized carbons (Fsp3) is 0.300. The number of aromatic nitrogens is 1. The van der Waals surface area contributed by atoms with Gasteiger partial charge < -0.3 is 14.1 Å². The number of fused-ring (bicyclic) bond motifs is 4. The summed E-state index contributed by atoms with van der Waals surface area (Å²) in [6.45, 7) is 3.19. The van der Waals surface area contributed by atoms with Crippen molar-refractivity contribution >= 4 is 16.7 Å². The number of hydrogen-bond acceptors (Lipinski definition) is 5. The Morgan fingerprint density at radius 3 is 2.96 bits per heavy atom. The average Bonchev–Trinajstić information content (AvgIpc) is 3.14. The molecule has 1 aliphatic heterocycles. The normalized spacial score (nSPS) is 15.8. The highest BCUT2D eigenvalue weighted by molar-refractivity contribution is 5.87. The summed E-state index contributed by atoms with van der Waals surface area (Å²) in [6, 6.07) is 6.11. The second-order valence-electron chi connectivity index (χ2n) is 6.75. The zero-order chi connectivity index (χ0) is 17.0. The Balaban J connectivity index is 1.68. The van der Waals surface area contributed by atoms with Gasteiger partial charge in [-0.2, -0.15) is 0 Å². The van der Waals surface area contributed by atoms with Gasteiger partial charge in [-0.25, -0.2) is 4.79 Å². The number of pyridine rings is 1. The van der Waals surface area contributed by atoms with Gasteiger partial charge in [-0.05, 0) is 49.9 Å². The van der Waals surface area contributed by atoms with Gasteiger partial charge in [-0.15, -0.1) is 0 Å². The average molecular weight is 334 g/mol. The van der Waals surface area contributed by atoms with Crippen molar-refractivity contribution in [1.29, 1.82) is 0 Å². The van der Waals surface area contributed by atoms with E-state index in [1.54, 1.807) is 6.20 Å². The standard InChI is InChI=1S/C20H18N2O3/c1-12-18-13(10-22(11-24-18)14-4-3-7-21-9-14)8-17-15-5-2-6-16(15)20(23)25-19(12)17/h3-4,7-9H,2,5-6,10-11H2,1H3. The summed E-state index contributed by atoms with van der Waals surface area (Å²) in [7, 11) is 0. The van der Waals surface area contributed by atoms with Crippen LogP contribution < -0.4 is 15.3 Å². The molecule has 3 aromatic rings. The van der Waals surface area contributed by atoms with Gasteiger partial charge >= 0.3 is 5.63 Å². The summed E-state index contributed by atoms with van der Waals surface area (Å²) in [5.74, 6) is 0.841. The fourth-order valence-corrected chi connectivity index (χ4v) is 4.05. The Hall–Kier alpha value is -2.82. The molecule has 0 amide bonds. The number of nitrogens with zero attached hydrogens (tertiary/aromatic N) is 2. The van der Waals surface area contributed by atoms with Crippen molar-refractivity contribution in [3.8, 4) is 5.75 Å². The molecule has 5 heteroatoms. The molecule has 1 aromatic carbocycles. The van der Waals surface area contributed by atoms with E-state index in [2.05, 4.69) is 16.0 Å². The zero-order valence-electron chi connectivity index (χ0n) is 14.0. The van der Waals surface area contributed by atoms with Crippen molar-refractivity contribution in [2.45, 2.75) is 32.7 Å². The van der Waals surface area contributed by atoms with Crippen molar-refractivity contribution < 1.29 is 9.15 Å². The smallest absolute Gasteiger partial charge is 0.339 e. The van der Waals surface area contributed by atoms with Crippen LogP contribution in [0.3, 0.4) is 0 Å². The Kier molecular flexibility index (Phi) is 3.10. The number of aryl methyl sites for hydroxylation is 2. The molecule has 1 aliphatic carbocycles. The van der Waals surface area contributed by atoms with Crippen molar-refractivity contribution in [1.82, 2.24) is 4.98 Å². The van der Waals surface area contributed by atoms with Crippen molar-refractivity contribution in [3.05, 3.63) is 63.3 Å². The van der Waals surface area contributed by atoms with Crippen LogP contribution in [0.2, 0.25) is 0 Å². The second-order valence-corrected chi connectivity index (χ2v) is 6.75. The lowest BCUT2D eigenvalue weighted by molar-refractivity contribution is 0.287. The third kappa shape index (κ3) is 2.15. The Labute approximate surface area is 144 Å². The fourth-order valence-electron chi connectivity index (χ4n) is 4.05. The molecule has 0 bridgehead atoms. The zero-order valence-corrected chi connectivity index (χ0v) is 14.0. The van der Waals surface area contributed by atoms with E-state index in [4.69, 9.17) is 9.15 Å². The molecule has 0 atom stereocenters. The number of benzene rings is 1.